The van der Waals surface area contributed by atoms with Crippen LogP contribution < -0.4 is 4.80 Å². The highest BCUT2D eigenvalue weighted by molar-refractivity contribution is 7.80. The van der Waals surface area contributed by atoms with Gasteiger partial charge < -0.3 is 4.57 Å². The highest BCUT2D eigenvalue weighted by atomic mass is 32.1. The van der Waals surface area contributed by atoms with E-state index in [1.54, 1.807) is 0 Å². The summed E-state index contributed by atoms with van der Waals surface area (Å²) < 4.78 is 3.17. The van der Waals surface area contributed by atoms with Crippen LogP contribution in [0.5, 0.6) is 0 Å². The molecule has 0 bridgehead atoms. The van der Waals surface area contributed by atoms with E-state index in [1.165, 1.54) is 16.0 Å². The molecule has 0 spiro atoms. The second-order valence-corrected chi connectivity index (χ2v) is 4.23. The van der Waals surface area contributed by atoms with Gasteiger partial charge in [0, 0.05) is 12.3 Å². The molecule has 1 aromatic carbocycles. The number of thiazole rings is 1. The Hall–Kier alpha value is -0.740. The van der Waals surface area contributed by atoms with Crippen LogP contribution in [0.4, 0.5) is 0 Å². The lowest BCUT2D eigenvalue weighted by Crippen LogP contribution is -2.13. The summed E-state index contributed by atoms with van der Waals surface area (Å²) in [5.74, 6) is 0.775. The lowest BCUT2D eigenvalue weighted by atomic mass is 10.3. The van der Waals surface area contributed by atoms with E-state index in [9.17, 15) is 0 Å². The summed E-state index contributed by atoms with van der Waals surface area (Å²) in [6.07, 6.45) is 0. The topological polar surface area (TPSA) is 28.8 Å². The van der Waals surface area contributed by atoms with E-state index >= 15 is 0 Å². The van der Waals surface area contributed by atoms with Crippen LogP contribution in [-0.2, 0) is 6.54 Å². The number of hydrogen-bond donors (Lipinski definition) is 2. The summed E-state index contributed by atoms with van der Waals surface area (Å²) in [5, 5.41) is 7.75. The molecule has 0 saturated carbocycles. The molecule has 1 heterocycles. The zero-order valence-electron chi connectivity index (χ0n) is 7.03. The molecule has 0 amide bonds. The van der Waals surface area contributed by atoms with Crippen molar-refractivity contribution in [2.75, 3.05) is 5.75 Å². The van der Waals surface area contributed by atoms with Crippen molar-refractivity contribution in [3.05, 3.63) is 29.1 Å². The Morgan fingerprint density at radius 1 is 1.38 bits per heavy atom. The zero-order valence-corrected chi connectivity index (χ0v) is 8.74. The molecule has 0 saturated heterocycles. The molecule has 0 fully saturated rings. The Kier molecular flexibility index (Phi) is 2.42. The van der Waals surface area contributed by atoms with E-state index in [0.717, 1.165) is 17.8 Å². The number of thiol groups is 1. The summed E-state index contributed by atoms with van der Waals surface area (Å²) in [4.78, 5) is 0.607. The van der Waals surface area contributed by atoms with Crippen molar-refractivity contribution in [2.24, 2.45) is 0 Å². The van der Waals surface area contributed by atoms with Crippen molar-refractivity contribution in [1.29, 1.82) is 5.41 Å². The van der Waals surface area contributed by atoms with Gasteiger partial charge in [0.25, 0.3) is 0 Å². The number of fused-ring (bicyclic) bond motifs is 1. The highest BCUT2D eigenvalue weighted by Crippen LogP contribution is 2.15. The third kappa shape index (κ3) is 1.51. The number of nitrogens with one attached hydrogen (secondary N) is 1. The molecule has 0 aliphatic heterocycles. The van der Waals surface area contributed by atoms with Crippen LogP contribution in [0.3, 0.4) is 0 Å². The van der Waals surface area contributed by atoms with Crippen LogP contribution in [0.25, 0.3) is 10.2 Å². The Labute approximate surface area is 85.8 Å². The standard InChI is InChI=1S/C9H10N2S2/c10-9-11(5-6-12)7-3-1-2-4-8(7)13-9/h1-4,10,12H,5-6H2. The quantitative estimate of drug-likeness (QED) is 0.711. The molecule has 1 aromatic heterocycles. The third-order valence-corrected chi connectivity index (χ3v) is 3.11. The van der Waals surface area contributed by atoms with Gasteiger partial charge in [-0.15, -0.1) is 0 Å². The van der Waals surface area contributed by atoms with Gasteiger partial charge in [0.1, 0.15) is 0 Å². The first-order chi connectivity index (χ1) is 6.33. The molecule has 68 valence electrons. The molecular weight excluding hydrogens is 200 g/mol. The predicted octanol–water partition coefficient (Wildman–Crippen LogP) is 2.11. The van der Waals surface area contributed by atoms with Gasteiger partial charge in [-0.1, -0.05) is 23.5 Å². The van der Waals surface area contributed by atoms with Crippen LogP contribution in [0.15, 0.2) is 24.3 Å². The van der Waals surface area contributed by atoms with Crippen molar-refractivity contribution in [1.82, 2.24) is 4.57 Å². The van der Waals surface area contributed by atoms with Crippen LogP contribution in [-0.4, -0.2) is 10.3 Å². The molecule has 0 aliphatic rings. The minimum Gasteiger partial charge on any atom is -0.316 e. The van der Waals surface area contributed by atoms with Gasteiger partial charge in [0.15, 0.2) is 4.80 Å². The van der Waals surface area contributed by atoms with Crippen molar-refractivity contribution in [3.8, 4) is 0 Å². The first-order valence-electron chi connectivity index (χ1n) is 4.07. The second-order valence-electron chi connectivity index (χ2n) is 2.75. The molecule has 1 N–H and O–H groups in total. The monoisotopic (exact) mass is 210 g/mol. The van der Waals surface area contributed by atoms with Gasteiger partial charge in [-0.25, -0.2) is 0 Å². The van der Waals surface area contributed by atoms with Gasteiger partial charge in [-0.05, 0) is 12.1 Å². The van der Waals surface area contributed by atoms with Crippen LogP contribution in [0.2, 0.25) is 0 Å². The van der Waals surface area contributed by atoms with Crippen molar-refractivity contribution in [3.63, 3.8) is 0 Å². The first kappa shape index (κ1) is 8.84. The van der Waals surface area contributed by atoms with Crippen LogP contribution in [0.1, 0.15) is 0 Å². The van der Waals surface area contributed by atoms with Crippen LogP contribution in [0, 0.1) is 5.41 Å². The maximum Gasteiger partial charge on any atom is 0.182 e. The summed E-state index contributed by atoms with van der Waals surface area (Å²) >= 11 is 5.69. The molecule has 0 aliphatic carbocycles. The molecule has 2 nitrogen and oxygen atoms in total. The molecule has 2 rings (SSSR count). The Balaban J connectivity index is 2.71. The molecule has 2 aromatic rings. The molecule has 13 heavy (non-hydrogen) atoms. The Bertz CT molecular complexity index is 470. The maximum atomic E-state index is 7.75. The highest BCUT2D eigenvalue weighted by Gasteiger charge is 2.02. The lowest BCUT2D eigenvalue weighted by Gasteiger charge is -1.99. The molecular formula is C9H10N2S2. The van der Waals surface area contributed by atoms with Gasteiger partial charge in [0.2, 0.25) is 0 Å². The Morgan fingerprint density at radius 3 is 2.92 bits per heavy atom. The normalized spacial score (nSPS) is 10.8. The Morgan fingerprint density at radius 2 is 2.15 bits per heavy atom. The SMILES string of the molecule is N=c1sc2ccccc2n1CCS. The average Bonchev–Trinajstić information content (AvgIpc) is 2.44. The van der Waals surface area contributed by atoms with E-state index in [1.807, 2.05) is 28.8 Å². The number of para-hydroxylation sites is 1. The first-order valence-corrected chi connectivity index (χ1v) is 5.51. The third-order valence-electron chi connectivity index (χ3n) is 1.93. The summed E-state index contributed by atoms with van der Waals surface area (Å²) in [6.45, 7) is 0.811. The smallest absolute Gasteiger partial charge is 0.182 e. The van der Waals surface area contributed by atoms with E-state index in [2.05, 4.69) is 12.6 Å². The fraction of sp³-hybridized carbons (Fsp3) is 0.222. The average molecular weight is 210 g/mol. The van der Waals surface area contributed by atoms with E-state index < -0.39 is 0 Å². The van der Waals surface area contributed by atoms with E-state index in [-0.39, 0.29) is 0 Å². The van der Waals surface area contributed by atoms with Crippen LogP contribution >= 0.6 is 24.0 Å². The second kappa shape index (κ2) is 3.55. The number of hydrogen-bond acceptors (Lipinski definition) is 3. The van der Waals surface area contributed by atoms with Crippen molar-refractivity contribution < 1.29 is 0 Å². The number of benzene rings is 1. The minimum atomic E-state index is 0.607. The van der Waals surface area contributed by atoms with Gasteiger partial charge in [-0.3, -0.25) is 5.41 Å². The summed E-state index contributed by atoms with van der Waals surface area (Å²) in [6, 6.07) is 8.10. The zero-order chi connectivity index (χ0) is 9.26. The van der Waals surface area contributed by atoms with Gasteiger partial charge in [0.05, 0.1) is 10.2 Å². The minimum absolute atomic E-state index is 0.607. The molecule has 0 atom stereocenters. The number of nitrogens with zero attached hydrogens (tertiary/aromatic N) is 1. The summed E-state index contributed by atoms with van der Waals surface area (Å²) in [7, 11) is 0. The lowest BCUT2D eigenvalue weighted by molar-refractivity contribution is 0.765. The molecule has 0 radical (unpaired) electrons. The van der Waals surface area contributed by atoms with Crippen molar-refractivity contribution >= 4 is 34.2 Å². The fourth-order valence-corrected chi connectivity index (χ4v) is 2.49. The van der Waals surface area contributed by atoms with Gasteiger partial charge >= 0.3 is 0 Å². The summed E-state index contributed by atoms with van der Waals surface area (Å²) in [5.41, 5.74) is 1.14. The predicted molar refractivity (Wildman–Crippen MR) is 59.5 cm³/mol. The number of aryl methyl sites for hydroxylation is 1. The van der Waals surface area contributed by atoms with Gasteiger partial charge in [-0.2, -0.15) is 12.6 Å². The maximum absolute atomic E-state index is 7.75. The molecule has 4 heteroatoms. The van der Waals surface area contributed by atoms with Crippen molar-refractivity contribution in [2.45, 2.75) is 6.54 Å². The molecule has 0 unspecified atom stereocenters. The number of aromatic nitrogens is 1. The largest absolute Gasteiger partial charge is 0.316 e. The van der Waals surface area contributed by atoms with E-state index in [4.69, 9.17) is 5.41 Å². The fourth-order valence-electron chi connectivity index (χ4n) is 1.36. The number of rotatable bonds is 2. The van der Waals surface area contributed by atoms with E-state index in [0.29, 0.717) is 4.80 Å².